The number of nitrogens with zero attached hydrogens (tertiary/aromatic N) is 3. The smallest absolute Gasteiger partial charge is 0.256 e. The van der Waals surface area contributed by atoms with E-state index in [1.165, 1.54) is 12.3 Å². The second-order valence-corrected chi connectivity index (χ2v) is 4.52. The predicted octanol–water partition coefficient (Wildman–Crippen LogP) is 1.86. The number of pyridine rings is 2. The minimum atomic E-state index is -0.575. The molecular formula is C14H12FN3O. The lowest BCUT2D eigenvalue weighted by atomic mass is 9.95. The number of carbonyl (C=O) groups is 1. The number of halogens is 1. The van der Waals surface area contributed by atoms with Crippen LogP contribution in [0.1, 0.15) is 22.0 Å². The van der Waals surface area contributed by atoms with E-state index in [0.717, 1.165) is 11.9 Å². The zero-order chi connectivity index (χ0) is 13.2. The highest BCUT2D eigenvalue weighted by Crippen LogP contribution is 2.27. The zero-order valence-corrected chi connectivity index (χ0v) is 10.2. The Morgan fingerprint density at radius 1 is 1.26 bits per heavy atom. The van der Waals surface area contributed by atoms with Crippen LogP contribution >= 0.6 is 0 Å². The third-order valence-corrected chi connectivity index (χ3v) is 3.28. The van der Waals surface area contributed by atoms with Crippen LogP contribution in [0.5, 0.6) is 0 Å². The molecule has 0 N–H and O–H groups in total. The van der Waals surface area contributed by atoms with Crippen LogP contribution in [0, 0.1) is 5.82 Å². The van der Waals surface area contributed by atoms with Gasteiger partial charge in [0.05, 0.1) is 11.8 Å². The SMILES string of the molecule is O=C(c1ccncc1F)N1CC(c2ccccn2)C1. The molecule has 96 valence electrons. The molecule has 1 aliphatic rings. The summed E-state index contributed by atoms with van der Waals surface area (Å²) in [6.45, 7) is 1.16. The largest absolute Gasteiger partial charge is 0.337 e. The van der Waals surface area contributed by atoms with Crippen molar-refractivity contribution in [1.82, 2.24) is 14.9 Å². The van der Waals surface area contributed by atoms with Crippen molar-refractivity contribution in [2.75, 3.05) is 13.1 Å². The van der Waals surface area contributed by atoms with E-state index in [9.17, 15) is 9.18 Å². The Hall–Kier alpha value is -2.30. The van der Waals surface area contributed by atoms with Crippen LogP contribution in [0.3, 0.4) is 0 Å². The van der Waals surface area contributed by atoms with E-state index in [0.29, 0.717) is 13.1 Å². The van der Waals surface area contributed by atoms with Gasteiger partial charge < -0.3 is 4.90 Å². The van der Waals surface area contributed by atoms with Crippen molar-refractivity contribution in [3.8, 4) is 0 Å². The number of amides is 1. The van der Waals surface area contributed by atoms with Crippen molar-refractivity contribution >= 4 is 5.91 Å². The summed E-state index contributed by atoms with van der Waals surface area (Å²) >= 11 is 0. The maximum atomic E-state index is 13.5. The first-order chi connectivity index (χ1) is 9.25. The molecule has 19 heavy (non-hydrogen) atoms. The molecule has 0 spiro atoms. The van der Waals surface area contributed by atoms with Gasteiger partial charge in [0.2, 0.25) is 0 Å². The lowest BCUT2D eigenvalue weighted by Gasteiger charge is -2.38. The summed E-state index contributed by atoms with van der Waals surface area (Å²) in [5.74, 6) is -0.615. The van der Waals surface area contributed by atoms with Gasteiger partial charge in [-0.3, -0.25) is 14.8 Å². The monoisotopic (exact) mass is 257 g/mol. The molecule has 0 aliphatic carbocycles. The second kappa shape index (κ2) is 4.76. The van der Waals surface area contributed by atoms with Crippen LogP contribution in [0.2, 0.25) is 0 Å². The number of hydrogen-bond donors (Lipinski definition) is 0. The molecule has 0 aromatic carbocycles. The van der Waals surface area contributed by atoms with Crippen molar-refractivity contribution < 1.29 is 9.18 Å². The molecule has 2 aromatic heterocycles. The fourth-order valence-corrected chi connectivity index (χ4v) is 2.17. The van der Waals surface area contributed by atoms with Gasteiger partial charge in [-0.2, -0.15) is 0 Å². The normalized spacial score (nSPS) is 15.1. The molecule has 0 bridgehead atoms. The first-order valence-electron chi connectivity index (χ1n) is 6.05. The van der Waals surface area contributed by atoms with Gasteiger partial charge >= 0.3 is 0 Å². The summed E-state index contributed by atoms with van der Waals surface area (Å²) in [6.07, 6.45) is 4.22. The Morgan fingerprint density at radius 2 is 2.11 bits per heavy atom. The minimum absolute atomic E-state index is 0.0782. The molecule has 4 nitrogen and oxygen atoms in total. The molecule has 2 aromatic rings. The summed E-state index contributed by atoms with van der Waals surface area (Å²) in [4.78, 5) is 21.6. The average Bonchev–Trinajstić information content (AvgIpc) is 2.38. The number of aromatic nitrogens is 2. The van der Waals surface area contributed by atoms with Gasteiger partial charge in [0.25, 0.3) is 5.91 Å². The number of carbonyl (C=O) groups excluding carboxylic acids is 1. The van der Waals surface area contributed by atoms with Crippen LogP contribution in [-0.4, -0.2) is 33.9 Å². The topological polar surface area (TPSA) is 46.1 Å². The van der Waals surface area contributed by atoms with E-state index >= 15 is 0 Å². The van der Waals surface area contributed by atoms with Crippen LogP contribution in [0.15, 0.2) is 42.9 Å². The van der Waals surface area contributed by atoms with Crippen molar-refractivity contribution in [1.29, 1.82) is 0 Å². The average molecular weight is 257 g/mol. The Balaban J connectivity index is 1.68. The van der Waals surface area contributed by atoms with E-state index < -0.39 is 5.82 Å². The molecular weight excluding hydrogens is 245 g/mol. The fourth-order valence-electron chi connectivity index (χ4n) is 2.17. The first kappa shape index (κ1) is 11.8. The standard InChI is InChI=1S/C14H12FN3O/c15-12-7-16-6-4-11(12)14(19)18-8-10(9-18)13-3-1-2-5-17-13/h1-7,10H,8-9H2. The van der Waals surface area contributed by atoms with Crippen LogP contribution < -0.4 is 0 Å². The molecule has 0 radical (unpaired) electrons. The second-order valence-electron chi connectivity index (χ2n) is 4.52. The summed E-state index contributed by atoms with van der Waals surface area (Å²) in [7, 11) is 0. The molecule has 1 fully saturated rings. The van der Waals surface area contributed by atoms with E-state index in [1.54, 1.807) is 11.1 Å². The third-order valence-electron chi connectivity index (χ3n) is 3.28. The Labute approximate surface area is 109 Å². The molecule has 1 aliphatic heterocycles. The van der Waals surface area contributed by atoms with Crippen molar-refractivity contribution in [2.45, 2.75) is 5.92 Å². The zero-order valence-electron chi connectivity index (χ0n) is 10.2. The highest BCUT2D eigenvalue weighted by atomic mass is 19.1. The van der Waals surface area contributed by atoms with Crippen LogP contribution in [-0.2, 0) is 0 Å². The van der Waals surface area contributed by atoms with E-state index in [4.69, 9.17) is 0 Å². The van der Waals surface area contributed by atoms with Gasteiger partial charge in [-0.25, -0.2) is 4.39 Å². The van der Waals surface area contributed by atoms with Gasteiger partial charge in [-0.05, 0) is 18.2 Å². The molecule has 0 unspecified atom stereocenters. The summed E-state index contributed by atoms with van der Waals surface area (Å²) in [5, 5.41) is 0. The van der Waals surface area contributed by atoms with Gasteiger partial charge in [0.15, 0.2) is 5.82 Å². The van der Waals surface area contributed by atoms with Crippen molar-refractivity contribution in [3.05, 3.63) is 59.9 Å². The first-order valence-corrected chi connectivity index (χ1v) is 6.05. The van der Waals surface area contributed by atoms with Crippen LogP contribution in [0.4, 0.5) is 4.39 Å². The maximum Gasteiger partial charge on any atom is 0.256 e. The molecule has 0 saturated carbocycles. The lowest BCUT2D eigenvalue weighted by molar-refractivity contribution is 0.0593. The number of hydrogen-bond acceptors (Lipinski definition) is 3. The van der Waals surface area contributed by atoms with Crippen LogP contribution in [0.25, 0.3) is 0 Å². The van der Waals surface area contributed by atoms with E-state index in [-0.39, 0.29) is 17.4 Å². The predicted molar refractivity (Wildman–Crippen MR) is 67.1 cm³/mol. The van der Waals surface area contributed by atoms with Gasteiger partial charge in [0.1, 0.15) is 0 Å². The highest BCUT2D eigenvalue weighted by molar-refractivity contribution is 5.95. The fraction of sp³-hybridized carbons (Fsp3) is 0.214. The molecule has 1 saturated heterocycles. The van der Waals surface area contributed by atoms with Crippen molar-refractivity contribution in [2.24, 2.45) is 0 Å². The quantitative estimate of drug-likeness (QED) is 0.825. The van der Waals surface area contributed by atoms with Gasteiger partial charge in [-0.15, -0.1) is 0 Å². The molecule has 0 atom stereocenters. The molecule has 3 rings (SSSR count). The highest BCUT2D eigenvalue weighted by Gasteiger charge is 2.33. The Morgan fingerprint density at radius 3 is 2.79 bits per heavy atom. The van der Waals surface area contributed by atoms with E-state index in [1.807, 2.05) is 18.2 Å². The summed E-state index contributed by atoms with van der Waals surface area (Å²) in [5.41, 5.74) is 1.05. The Kier molecular flexibility index (Phi) is 2.95. The van der Waals surface area contributed by atoms with Gasteiger partial charge in [-0.1, -0.05) is 6.07 Å². The molecule has 1 amide bonds. The molecule has 3 heterocycles. The number of rotatable bonds is 2. The summed E-state index contributed by atoms with van der Waals surface area (Å²) in [6, 6.07) is 7.14. The maximum absolute atomic E-state index is 13.5. The minimum Gasteiger partial charge on any atom is -0.337 e. The Bertz CT molecular complexity index is 597. The number of likely N-dealkylation sites (tertiary alicyclic amines) is 1. The van der Waals surface area contributed by atoms with E-state index in [2.05, 4.69) is 9.97 Å². The van der Waals surface area contributed by atoms with Gasteiger partial charge in [0, 0.05) is 37.1 Å². The molecule has 5 heteroatoms. The lowest BCUT2D eigenvalue weighted by Crippen LogP contribution is -2.48. The summed E-state index contributed by atoms with van der Waals surface area (Å²) < 4.78 is 13.5. The van der Waals surface area contributed by atoms with Crippen molar-refractivity contribution in [3.63, 3.8) is 0 Å². The third kappa shape index (κ3) is 2.19.